The fourth-order valence-electron chi connectivity index (χ4n) is 2.58. The summed E-state index contributed by atoms with van der Waals surface area (Å²) >= 11 is 0. The third-order valence-electron chi connectivity index (χ3n) is 3.86. The monoisotopic (exact) mass is 299 g/mol. The van der Waals surface area contributed by atoms with Crippen LogP contribution in [0, 0.1) is 0 Å². The van der Waals surface area contributed by atoms with Gasteiger partial charge >= 0.3 is 6.09 Å². The molecule has 0 bridgehead atoms. The molecular weight excluding hydrogens is 278 g/mol. The van der Waals surface area contributed by atoms with Gasteiger partial charge in [0.15, 0.2) is 0 Å². The molecule has 1 amide bonds. The molecule has 0 aliphatic carbocycles. The number of nitrogens with zero attached hydrogens (tertiary/aromatic N) is 2. The summed E-state index contributed by atoms with van der Waals surface area (Å²) in [6, 6.07) is 10.0. The number of rotatable bonds is 4. The van der Waals surface area contributed by atoms with Gasteiger partial charge in [-0.15, -0.1) is 0 Å². The number of aromatic nitrogens is 2. The van der Waals surface area contributed by atoms with Crippen molar-refractivity contribution in [1.29, 1.82) is 0 Å². The van der Waals surface area contributed by atoms with Gasteiger partial charge in [0.2, 0.25) is 0 Å². The maximum absolute atomic E-state index is 12.0. The number of hydrogen-bond acceptors (Lipinski definition) is 3. The second-order valence-corrected chi connectivity index (χ2v) is 5.52. The zero-order valence-corrected chi connectivity index (χ0v) is 12.8. The number of amides is 1. The van der Waals surface area contributed by atoms with Crippen molar-refractivity contribution < 1.29 is 9.53 Å². The van der Waals surface area contributed by atoms with Crippen LogP contribution < -0.4 is 0 Å². The Kier molecular flexibility index (Phi) is 4.42. The SMILES string of the molecule is CCCCOC(=O)N1CCc2nc(-c3ccccc3)[nH]c2C1. The standard InChI is InChI=1S/C17H21N3O2/c1-2-3-11-22-17(21)20-10-9-14-15(12-20)19-16(18-14)13-7-5-4-6-8-13/h4-8H,2-3,9-12H2,1H3,(H,18,19). The van der Waals surface area contributed by atoms with Gasteiger partial charge in [0.25, 0.3) is 0 Å². The highest BCUT2D eigenvalue weighted by Crippen LogP contribution is 2.22. The van der Waals surface area contributed by atoms with Crippen molar-refractivity contribution >= 4 is 6.09 Å². The lowest BCUT2D eigenvalue weighted by Crippen LogP contribution is -2.36. The molecule has 0 atom stereocenters. The average molecular weight is 299 g/mol. The van der Waals surface area contributed by atoms with E-state index in [0.717, 1.165) is 42.0 Å². The minimum absolute atomic E-state index is 0.227. The van der Waals surface area contributed by atoms with Gasteiger partial charge in [-0.05, 0) is 6.42 Å². The second kappa shape index (κ2) is 6.64. The van der Waals surface area contributed by atoms with Crippen LogP contribution in [0.5, 0.6) is 0 Å². The molecule has 3 rings (SSSR count). The number of H-pyrrole nitrogens is 1. The Morgan fingerprint density at radius 1 is 1.36 bits per heavy atom. The molecule has 0 fully saturated rings. The van der Waals surface area contributed by atoms with Gasteiger partial charge in [0, 0.05) is 18.5 Å². The van der Waals surface area contributed by atoms with Crippen LogP contribution >= 0.6 is 0 Å². The second-order valence-electron chi connectivity index (χ2n) is 5.52. The van der Waals surface area contributed by atoms with E-state index in [1.165, 1.54) is 0 Å². The molecule has 0 radical (unpaired) electrons. The van der Waals surface area contributed by atoms with Gasteiger partial charge in [0.05, 0.1) is 24.5 Å². The van der Waals surface area contributed by atoms with E-state index in [0.29, 0.717) is 19.7 Å². The average Bonchev–Trinajstić information content (AvgIpc) is 2.99. The molecule has 1 aliphatic heterocycles. The number of unbranched alkanes of at least 4 members (excludes halogenated alkanes) is 1. The molecule has 1 aromatic carbocycles. The molecule has 2 heterocycles. The zero-order chi connectivity index (χ0) is 15.4. The third-order valence-corrected chi connectivity index (χ3v) is 3.86. The molecule has 2 aromatic rings. The maximum atomic E-state index is 12.0. The number of carbonyl (C=O) groups is 1. The van der Waals surface area contributed by atoms with Crippen molar-refractivity contribution in [3.8, 4) is 11.4 Å². The number of fused-ring (bicyclic) bond motifs is 1. The molecule has 0 spiro atoms. The first-order valence-corrected chi connectivity index (χ1v) is 7.83. The molecular formula is C17H21N3O2. The van der Waals surface area contributed by atoms with Gasteiger partial charge in [0.1, 0.15) is 5.82 Å². The Hall–Kier alpha value is -2.30. The highest BCUT2D eigenvalue weighted by atomic mass is 16.6. The summed E-state index contributed by atoms with van der Waals surface area (Å²) in [7, 11) is 0. The number of imidazole rings is 1. The van der Waals surface area contributed by atoms with Crippen molar-refractivity contribution in [1.82, 2.24) is 14.9 Å². The first-order valence-electron chi connectivity index (χ1n) is 7.83. The minimum Gasteiger partial charge on any atom is -0.449 e. The van der Waals surface area contributed by atoms with E-state index in [1.807, 2.05) is 30.3 Å². The maximum Gasteiger partial charge on any atom is 0.410 e. The van der Waals surface area contributed by atoms with Crippen molar-refractivity contribution in [3.63, 3.8) is 0 Å². The molecule has 1 aliphatic rings. The summed E-state index contributed by atoms with van der Waals surface area (Å²) in [6.45, 7) is 3.78. The zero-order valence-electron chi connectivity index (χ0n) is 12.8. The first-order chi connectivity index (χ1) is 10.8. The number of nitrogens with one attached hydrogen (secondary N) is 1. The van der Waals surface area contributed by atoms with Crippen LogP contribution in [-0.2, 0) is 17.7 Å². The van der Waals surface area contributed by atoms with Gasteiger partial charge in [-0.2, -0.15) is 0 Å². The molecule has 0 saturated carbocycles. The van der Waals surface area contributed by atoms with Gasteiger partial charge in [-0.3, -0.25) is 0 Å². The number of ether oxygens (including phenoxy) is 1. The van der Waals surface area contributed by atoms with Crippen molar-refractivity contribution in [2.45, 2.75) is 32.7 Å². The van der Waals surface area contributed by atoms with Crippen LogP contribution in [0.2, 0.25) is 0 Å². The Balaban J connectivity index is 1.68. The summed E-state index contributed by atoms with van der Waals surface area (Å²) in [5, 5.41) is 0. The summed E-state index contributed by atoms with van der Waals surface area (Å²) in [4.78, 5) is 21.8. The molecule has 0 saturated heterocycles. The first kappa shape index (κ1) is 14.6. The van der Waals surface area contributed by atoms with Crippen LogP contribution in [-0.4, -0.2) is 34.1 Å². The van der Waals surface area contributed by atoms with Crippen LogP contribution in [0.15, 0.2) is 30.3 Å². The van der Waals surface area contributed by atoms with Gasteiger partial charge in [-0.1, -0.05) is 43.7 Å². The fourth-order valence-corrected chi connectivity index (χ4v) is 2.58. The highest BCUT2D eigenvalue weighted by Gasteiger charge is 2.24. The minimum atomic E-state index is -0.227. The summed E-state index contributed by atoms with van der Waals surface area (Å²) in [6.07, 6.45) is 2.47. The van der Waals surface area contributed by atoms with Crippen molar-refractivity contribution in [2.75, 3.05) is 13.2 Å². The van der Waals surface area contributed by atoms with E-state index in [9.17, 15) is 4.79 Å². The Morgan fingerprint density at radius 2 is 2.18 bits per heavy atom. The smallest absolute Gasteiger partial charge is 0.410 e. The summed E-state index contributed by atoms with van der Waals surface area (Å²) in [5.41, 5.74) is 3.13. The van der Waals surface area contributed by atoms with E-state index in [-0.39, 0.29) is 6.09 Å². The largest absolute Gasteiger partial charge is 0.449 e. The van der Waals surface area contributed by atoms with Crippen LogP contribution in [0.3, 0.4) is 0 Å². The van der Waals surface area contributed by atoms with E-state index < -0.39 is 0 Å². The number of carbonyl (C=O) groups excluding carboxylic acids is 1. The van der Waals surface area contributed by atoms with E-state index in [1.54, 1.807) is 4.90 Å². The van der Waals surface area contributed by atoms with Crippen molar-refractivity contribution in [2.24, 2.45) is 0 Å². The predicted molar refractivity (Wildman–Crippen MR) is 84.4 cm³/mol. The molecule has 5 nitrogen and oxygen atoms in total. The molecule has 22 heavy (non-hydrogen) atoms. The molecule has 1 N–H and O–H groups in total. The number of hydrogen-bond donors (Lipinski definition) is 1. The lowest BCUT2D eigenvalue weighted by molar-refractivity contribution is 0.0960. The lowest BCUT2D eigenvalue weighted by Gasteiger charge is -2.25. The fraction of sp³-hybridized carbons (Fsp3) is 0.412. The Labute approximate surface area is 130 Å². The number of benzene rings is 1. The lowest BCUT2D eigenvalue weighted by atomic mass is 10.1. The van der Waals surface area contributed by atoms with E-state index in [2.05, 4.69) is 16.9 Å². The molecule has 116 valence electrons. The Bertz CT molecular complexity index is 637. The van der Waals surface area contributed by atoms with Gasteiger partial charge in [-0.25, -0.2) is 9.78 Å². The normalized spacial score (nSPS) is 13.8. The quantitative estimate of drug-likeness (QED) is 0.881. The van der Waals surface area contributed by atoms with Crippen LogP contribution in [0.1, 0.15) is 31.2 Å². The molecule has 5 heteroatoms. The summed E-state index contributed by atoms with van der Waals surface area (Å²) in [5.74, 6) is 0.867. The van der Waals surface area contributed by atoms with Gasteiger partial charge < -0.3 is 14.6 Å². The van der Waals surface area contributed by atoms with Crippen LogP contribution in [0.25, 0.3) is 11.4 Å². The van der Waals surface area contributed by atoms with Crippen molar-refractivity contribution in [3.05, 3.63) is 41.7 Å². The van der Waals surface area contributed by atoms with E-state index >= 15 is 0 Å². The summed E-state index contributed by atoms with van der Waals surface area (Å²) < 4.78 is 5.28. The topological polar surface area (TPSA) is 58.2 Å². The van der Waals surface area contributed by atoms with Crippen LogP contribution in [0.4, 0.5) is 4.79 Å². The highest BCUT2D eigenvalue weighted by molar-refractivity contribution is 5.68. The molecule has 1 aromatic heterocycles. The molecule has 0 unspecified atom stereocenters. The van der Waals surface area contributed by atoms with E-state index in [4.69, 9.17) is 4.74 Å². The number of aromatic amines is 1. The Morgan fingerprint density at radius 3 is 2.95 bits per heavy atom. The third kappa shape index (κ3) is 3.13. The predicted octanol–water partition coefficient (Wildman–Crippen LogP) is 3.37.